The predicted molar refractivity (Wildman–Crippen MR) is 46.8 cm³/mol. The van der Waals surface area contributed by atoms with E-state index in [2.05, 4.69) is 12.2 Å². The summed E-state index contributed by atoms with van der Waals surface area (Å²) in [5.74, 6) is 0.536. The van der Waals surface area contributed by atoms with E-state index in [1.165, 1.54) is 0 Å². The first-order valence-corrected chi connectivity index (χ1v) is 4.66. The lowest BCUT2D eigenvalue weighted by Gasteiger charge is -2.14. The largest absolute Gasteiger partial charge is 0.466 e. The number of hydrogen-bond acceptors (Lipinski definition) is 3. The molecule has 1 aliphatic rings. The molecule has 2 atom stereocenters. The van der Waals surface area contributed by atoms with Crippen LogP contribution in [-0.4, -0.2) is 25.7 Å². The van der Waals surface area contributed by atoms with Crippen LogP contribution >= 0.6 is 0 Å². The molecule has 0 spiro atoms. The first-order valence-electron chi connectivity index (χ1n) is 4.66. The van der Waals surface area contributed by atoms with Gasteiger partial charge in [0.15, 0.2) is 0 Å². The molecule has 0 aromatic rings. The minimum Gasteiger partial charge on any atom is -0.466 e. The van der Waals surface area contributed by atoms with Crippen molar-refractivity contribution in [3.8, 4) is 0 Å². The van der Waals surface area contributed by atoms with Crippen molar-refractivity contribution >= 4 is 5.97 Å². The molecule has 1 N–H and O–H groups in total. The molecule has 0 bridgehead atoms. The molecule has 0 amide bonds. The lowest BCUT2D eigenvalue weighted by atomic mass is 9.94. The smallest absolute Gasteiger partial charge is 0.310 e. The molecule has 1 saturated heterocycles. The molecular weight excluding hydrogens is 154 g/mol. The SMILES string of the molecule is CCOC(=O)C1CNC[C@H]1CC. The van der Waals surface area contributed by atoms with Gasteiger partial charge in [-0.1, -0.05) is 13.3 Å². The average Bonchev–Trinajstić information content (AvgIpc) is 2.51. The maximum Gasteiger partial charge on any atom is 0.310 e. The predicted octanol–water partition coefficient (Wildman–Crippen LogP) is 0.795. The molecule has 1 unspecified atom stereocenters. The van der Waals surface area contributed by atoms with Crippen LogP contribution in [0.2, 0.25) is 0 Å². The van der Waals surface area contributed by atoms with E-state index in [0.29, 0.717) is 12.5 Å². The quantitative estimate of drug-likeness (QED) is 0.638. The first-order chi connectivity index (χ1) is 5.79. The maximum atomic E-state index is 11.4. The van der Waals surface area contributed by atoms with Crippen molar-refractivity contribution in [1.82, 2.24) is 5.32 Å². The topological polar surface area (TPSA) is 38.3 Å². The molecule has 1 fully saturated rings. The number of hydrogen-bond donors (Lipinski definition) is 1. The van der Waals surface area contributed by atoms with Crippen molar-refractivity contribution in [3.05, 3.63) is 0 Å². The van der Waals surface area contributed by atoms with Crippen molar-refractivity contribution in [1.29, 1.82) is 0 Å². The van der Waals surface area contributed by atoms with Gasteiger partial charge in [-0.05, 0) is 19.4 Å². The number of nitrogens with one attached hydrogen (secondary N) is 1. The van der Waals surface area contributed by atoms with E-state index >= 15 is 0 Å². The molecule has 3 nitrogen and oxygen atoms in total. The number of carbonyl (C=O) groups is 1. The van der Waals surface area contributed by atoms with Gasteiger partial charge >= 0.3 is 5.97 Å². The van der Waals surface area contributed by atoms with Crippen LogP contribution in [-0.2, 0) is 9.53 Å². The molecule has 1 heterocycles. The lowest BCUT2D eigenvalue weighted by molar-refractivity contribution is -0.148. The van der Waals surface area contributed by atoms with Gasteiger partial charge < -0.3 is 10.1 Å². The standard InChI is InChI=1S/C9H17NO2/c1-3-7-5-10-6-8(7)9(11)12-4-2/h7-8,10H,3-6H2,1-2H3/t7-,8?/m1/s1. The van der Waals surface area contributed by atoms with Crippen molar-refractivity contribution in [2.45, 2.75) is 20.3 Å². The highest BCUT2D eigenvalue weighted by Crippen LogP contribution is 2.20. The lowest BCUT2D eigenvalue weighted by Crippen LogP contribution is -2.24. The summed E-state index contributed by atoms with van der Waals surface area (Å²) in [6.07, 6.45) is 1.05. The molecule has 1 rings (SSSR count). The van der Waals surface area contributed by atoms with Gasteiger partial charge in [0.1, 0.15) is 0 Å². The third-order valence-corrected chi connectivity index (χ3v) is 2.45. The Labute approximate surface area is 73.5 Å². The summed E-state index contributed by atoms with van der Waals surface area (Å²) in [7, 11) is 0. The summed E-state index contributed by atoms with van der Waals surface area (Å²) < 4.78 is 4.98. The highest BCUT2D eigenvalue weighted by atomic mass is 16.5. The van der Waals surface area contributed by atoms with E-state index in [1.54, 1.807) is 0 Å². The minimum absolute atomic E-state index is 0.0330. The zero-order chi connectivity index (χ0) is 8.97. The summed E-state index contributed by atoms with van der Waals surface area (Å²) in [5.41, 5.74) is 0. The van der Waals surface area contributed by atoms with E-state index in [9.17, 15) is 4.79 Å². The second kappa shape index (κ2) is 4.45. The van der Waals surface area contributed by atoms with Crippen LogP contribution in [0.15, 0.2) is 0 Å². The number of carbonyl (C=O) groups excluding carboxylic acids is 1. The third-order valence-electron chi connectivity index (χ3n) is 2.45. The Morgan fingerprint density at radius 1 is 1.50 bits per heavy atom. The molecule has 70 valence electrons. The summed E-state index contributed by atoms with van der Waals surface area (Å²) in [6, 6.07) is 0. The zero-order valence-corrected chi connectivity index (χ0v) is 7.80. The summed E-state index contributed by atoms with van der Waals surface area (Å²) in [4.78, 5) is 11.4. The monoisotopic (exact) mass is 171 g/mol. The zero-order valence-electron chi connectivity index (χ0n) is 7.80. The molecule has 0 aliphatic carbocycles. The summed E-state index contributed by atoms with van der Waals surface area (Å²) >= 11 is 0. The Hall–Kier alpha value is -0.570. The fourth-order valence-corrected chi connectivity index (χ4v) is 1.69. The molecule has 0 aromatic carbocycles. The van der Waals surface area contributed by atoms with Gasteiger partial charge in [0.25, 0.3) is 0 Å². The normalized spacial score (nSPS) is 28.8. The fourth-order valence-electron chi connectivity index (χ4n) is 1.69. The van der Waals surface area contributed by atoms with E-state index in [1.807, 2.05) is 6.92 Å². The highest BCUT2D eigenvalue weighted by molar-refractivity contribution is 5.73. The van der Waals surface area contributed by atoms with Gasteiger partial charge in [0, 0.05) is 6.54 Å². The fraction of sp³-hybridized carbons (Fsp3) is 0.889. The molecule has 3 heteroatoms. The Morgan fingerprint density at radius 3 is 2.83 bits per heavy atom. The molecule has 1 aliphatic heterocycles. The van der Waals surface area contributed by atoms with Crippen LogP contribution in [0.3, 0.4) is 0 Å². The van der Waals surface area contributed by atoms with Crippen molar-refractivity contribution in [2.75, 3.05) is 19.7 Å². The van der Waals surface area contributed by atoms with Gasteiger partial charge in [-0.2, -0.15) is 0 Å². The maximum absolute atomic E-state index is 11.4. The van der Waals surface area contributed by atoms with E-state index < -0.39 is 0 Å². The molecule has 0 saturated carbocycles. The second-order valence-corrected chi connectivity index (χ2v) is 3.19. The highest BCUT2D eigenvalue weighted by Gasteiger charge is 2.32. The van der Waals surface area contributed by atoms with Crippen molar-refractivity contribution < 1.29 is 9.53 Å². The van der Waals surface area contributed by atoms with Crippen LogP contribution < -0.4 is 5.32 Å². The molecule has 12 heavy (non-hydrogen) atoms. The van der Waals surface area contributed by atoms with Crippen LogP contribution in [0, 0.1) is 11.8 Å². The molecular formula is C9H17NO2. The number of rotatable bonds is 3. The summed E-state index contributed by atoms with van der Waals surface area (Å²) in [6.45, 7) is 6.20. The van der Waals surface area contributed by atoms with Gasteiger partial charge in [0.2, 0.25) is 0 Å². The molecule has 0 radical (unpaired) electrons. The second-order valence-electron chi connectivity index (χ2n) is 3.19. The Morgan fingerprint density at radius 2 is 2.25 bits per heavy atom. The van der Waals surface area contributed by atoms with Crippen molar-refractivity contribution in [3.63, 3.8) is 0 Å². The minimum atomic E-state index is -0.0330. The van der Waals surface area contributed by atoms with Crippen LogP contribution in [0.1, 0.15) is 20.3 Å². The van der Waals surface area contributed by atoms with Gasteiger partial charge in [-0.3, -0.25) is 4.79 Å². The van der Waals surface area contributed by atoms with E-state index in [4.69, 9.17) is 4.74 Å². The Kier molecular flexibility index (Phi) is 3.53. The van der Waals surface area contributed by atoms with Crippen LogP contribution in [0.25, 0.3) is 0 Å². The first kappa shape index (κ1) is 9.52. The number of esters is 1. The Bertz CT molecular complexity index is 159. The Balaban J connectivity index is 2.43. The summed E-state index contributed by atoms with van der Waals surface area (Å²) in [5, 5.41) is 3.21. The van der Waals surface area contributed by atoms with E-state index in [0.717, 1.165) is 19.5 Å². The van der Waals surface area contributed by atoms with Gasteiger partial charge in [-0.15, -0.1) is 0 Å². The van der Waals surface area contributed by atoms with Crippen molar-refractivity contribution in [2.24, 2.45) is 11.8 Å². The van der Waals surface area contributed by atoms with Gasteiger partial charge in [-0.25, -0.2) is 0 Å². The van der Waals surface area contributed by atoms with Crippen LogP contribution in [0.4, 0.5) is 0 Å². The third kappa shape index (κ3) is 1.97. The van der Waals surface area contributed by atoms with Gasteiger partial charge in [0.05, 0.1) is 12.5 Å². The number of ether oxygens (including phenoxy) is 1. The van der Waals surface area contributed by atoms with Crippen LogP contribution in [0.5, 0.6) is 0 Å². The average molecular weight is 171 g/mol. The van der Waals surface area contributed by atoms with E-state index in [-0.39, 0.29) is 11.9 Å². The molecule has 0 aromatic heterocycles.